The molecule has 2 aromatic rings. The van der Waals surface area contributed by atoms with E-state index in [0.29, 0.717) is 19.4 Å². The minimum atomic E-state index is -0.115. The molecule has 0 aromatic heterocycles. The molecule has 0 atom stereocenters. The van der Waals surface area contributed by atoms with Crippen molar-refractivity contribution in [3.05, 3.63) is 54.1 Å². The summed E-state index contributed by atoms with van der Waals surface area (Å²) >= 11 is 0. The minimum absolute atomic E-state index is 0.115. The lowest BCUT2D eigenvalue weighted by molar-refractivity contribution is -0.121. The summed E-state index contributed by atoms with van der Waals surface area (Å²) in [5, 5.41) is 7.22. The smallest absolute Gasteiger partial charge is 0.240 e. The van der Waals surface area contributed by atoms with Gasteiger partial charge in [-0.1, -0.05) is 12.1 Å². The average Bonchev–Trinajstić information content (AvgIpc) is 2.66. The molecule has 0 heterocycles. The van der Waals surface area contributed by atoms with Gasteiger partial charge in [-0.2, -0.15) is 5.10 Å². The predicted octanol–water partition coefficient (Wildman–Crippen LogP) is 3.05. The number of anilines is 1. The second-order valence-electron chi connectivity index (χ2n) is 5.33. The molecule has 0 aliphatic heterocycles. The van der Waals surface area contributed by atoms with E-state index < -0.39 is 0 Å². The molecule has 25 heavy (non-hydrogen) atoms. The summed E-state index contributed by atoms with van der Waals surface area (Å²) in [6.45, 7) is 0.708. The summed E-state index contributed by atoms with van der Waals surface area (Å²) in [6, 6.07) is 15.1. The molecule has 0 unspecified atom stereocenters. The third-order valence-corrected chi connectivity index (χ3v) is 3.50. The molecule has 0 spiro atoms. The van der Waals surface area contributed by atoms with Crippen molar-refractivity contribution in [1.29, 1.82) is 0 Å². The molecule has 132 valence electrons. The molecule has 0 aliphatic rings. The van der Waals surface area contributed by atoms with E-state index in [1.54, 1.807) is 20.4 Å². The Morgan fingerprint density at radius 1 is 1.08 bits per heavy atom. The Hall–Kier alpha value is -3.02. The number of nitrogens with zero attached hydrogens (tertiary/aromatic N) is 1. The van der Waals surface area contributed by atoms with Gasteiger partial charge in [-0.15, -0.1) is 0 Å². The number of ether oxygens (including phenoxy) is 2. The lowest BCUT2D eigenvalue weighted by atomic mass is 10.2. The van der Waals surface area contributed by atoms with Crippen LogP contribution in [0.4, 0.5) is 5.69 Å². The van der Waals surface area contributed by atoms with E-state index >= 15 is 0 Å². The van der Waals surface area contributed by atoms with Crippen molar-refractivity contribution in [2.24, 2.45) is 5.10 Å². The first-order valence-corrected chi connectivity index (χ1v) is 8.05. The van der Waals surface area contributed by atoms with E-state index in [9.17, 15) is 4.79 Å². The molecule has 2 aromatic carbocycles. The number of amides is 1. The predicted molar refractivity (Wildman–Crippen MR) is 99.4 cm³/mol. The zero-order valence-electron chi connectivity index (χ0n) is 14.5. The van der Waals surface area contributed by atoms with Crippen LogP contribution in [0.1, 0.15) is 18.4 Å². The van der Waals surface area contributed by atoms with Gasteiger partial charge >= 0.3 is 0 Å². The van der Waals surface area contributed by atoms with E-state index in [0.717, 1.165) is 22.7 Å². The molecule has 0 bridgehead atoms. The van der Waals surface area contributed by atoms with E-state index in [1.807, 2.05) is 48.5 Å². The Morgan fingerprint density at radius 2 is 1.84 bits per heavy atom. The van der Waals surface area contributed by atoms with Gasteiger partial charge in [0.15, 0.2) is 0 Å². The highest BCUT2D eigenvalue weighted by molar-refractivity contribution is 5.82. The summed E-state index contributed by atoms with van der Waals surface area (Å²) in [6.07, 6.45) is 2.71. The normalized spacial score (nSPS) is 10.5. The van der Waals surface area contributed by atoms with Gasteiger partial charge in [-0.25, -0.2) is 5.43 Å². The molecule has 6 nitrogen and oxygen atoms in total. The van der Waals surface area contributed by atoms with Crippen molar-refractivity contribution < 1.29 is 14.3 Å². The van der Waals surface area contributed by atoms with Gasteiger partial charge in [-0.3, -0.25) is 4.79 Å². The molecule has 0 saturated carbocycles. The van der Waals surface area contributed by atoms with Gasteiger partial charge in [0, 0.05) is 18.7 Å². The summed E-state index contributed by atoms with van der Waals surface area (Å²) < 4.78 is 10.2. The van der Waals surface area contributed by atoms with Crippen LogP contribution in [0.5, 0.6) is 11.5 Å². The number of methoxy groups -OCH3 is 2. The summed E-state index contributed by atoms with van der Waals surface area (Å²) in [4.78, 5) is 11.8. The highest BCUT2D eigenvalue weighted by atomic mass is 16.5. The average molecular weight is 341 g/mol. The molecule has 0 aliphatic carbocycles. The maximum absolute atomic E-state index is 11.8. The number of rotatable bonds is 9. The first kappa shape index (κ1) is 18.3. The van der Waals surface area contributed by atoms with Crippen LogP contribution >= 0.6 is 0 Å². The quantitative estimate of drug-likeness (QED) is 0.418. The lowest BCUT2D eigenvalue weighted by Crippen LogP contribution is -2.18. The number of benzene rings is 2. The first-order valence-electron chi connectivity index (χ1n) is 8.05. The maximum atomic E-state index is 11.8. The van der Waals surface area contributed by atoms with Crippen LogP contribution in [-0.2, 0) is 4.79 Å². The Bertz CT molecular complexity index is 699. The van der Waals surface area contributed by atoms with E-state index in [-0.39, 0.29) is 5.91 Å². The lowest BCUT2D eigenvalue weighted by Gasteiger charge is -2.07. The molecular formula is C19H23N3O3. The third-order valence-electron chi connectivity index (χ3n) is 3.50. The maximum Gasteiger partial charge on any atom is 0.240 e. The topological polar surface area (TPSA) is 72.0 Å². The Balaban J connectivity index is 1.65. The standard InChI is InChI=1S/C19H23N3O3/c1-24-17-10-8-16(9-11-17)20-12-4-7-19(23)22-21-14-15-5-3-6-18(13-15)25-2/h3,5-6,8-11,13-14,20H,4,7,12H2,1-2H3,(H,22,23). The van der Waals surface area contributed by atoms with Crippen molar-refractivity contribution in [2.75, 3.05) is 26.1 Å². The fourth-order valence-corrected chi connectivity index (χ4v) is 2.15. The molecule has 0 saturated heterocycles. The number of hydrazone groups is 1. The number of hydrogen-bond donors (Lipinski definition) is 2. The van der Waals surface area contributed by atoms with Crippen LogP contribution in [0, 0.1) is 0 Å². The van der Waals surface area contributed by atoms with E-state index in [1.165, 1.54) is 0 Å². The fraction of sp³-hybridized carbons (Fsp3) is 0.263. The van der Waals surface area contributed by atoms with Gasteiger partial charge in [0.1, 0.15) is 11.5 Å². The van der Waals surface area contributed by atoms with Gasteiger partial charge < -0.3 is 14.8 Å². The largest absolute Gasteiger partial charge is 0.497 e. The molecule has 0 fully saturated rings. The van der Waals surface area contributed by atoms with Crippen LogP contribution in [0.15, 0.2) is 53.6 Å². The molecular weight excluding hydrogens is 318 g/mol. The summed E-state index contributed by atoms with van der Waals surface area (Å²) in [5.74, 6) is 1.45. The van der Waals surface area contributed by atoms with Gasteiger partial charge in [0.05, 0.1) is 20.4 Å². The zero-order chi connectivity index (χ0) is 17.9. The molecule has 1 amide bonds. The number of hydrogen-bond acceptors (Lipinski definition) is 5. The number of carbonyl (C=O) groups excluding carboxylic acids is 1. The monoisotopic (exact) mass is 341 g/mol. The van der Waals surface area contributed by atoms with Crippen LogP contribution in [-0.4, -0.2) is 32.9 Å². The third kappa shape index (κ3) is 6.55. The van der Waals surface area contributed by atoms with Crippen molar-refractivity contribution >= 4 is 17.8 Å². The van der Waals surface area contributed by atoms with Crippen molar-refractivity contribution in [1.82, 2.24) is 5.43 Å². The Kier molecular flexibility index (Phi) is 7.31. The number of nitrogens with one attached hydrogen (secondary N) is 2. The van der Waals surface area contributed by atoms with Crippen LogP contribution < -0.4 is 20.2 Å². The zero-order valence-corrected chi connectivity index (χ0v) is 14.5. The fourth-order valence-electron chi connectivity index (χ4n) is 2.15. The van der Waals surface area contributed by atoms with Crippen molar-refractivity contribution in [3.8, 4) is 11.5 Å². The first-order chi connectivity index (χ1) is 12.2. The van der Waals surface area contributed by atoms with Gasteiger partial charge in [0.2, 0.25) is 5.91 Å². The highest BCUT2D eigenvalue weighted by Gasteiger charge is 2.00. The highest BCUT2D eigenvalue weighted by Crippen LogP contribution is 2.15. The van der Waals surface area contributed by atoms with Gasteiger partial charge in [0.25, 0.3) is 0 Å². The second-order valence-corrected chi connectivity index (χ2v) is 5.33. The minimum Gasteiger partial charge on any atom is -0.497 e. The number of carbonyl (C=O) groups is 1. The van der Waals surface area contributed by atoms with Crippen molar-refractivity contribution in [2.45, 2.75) is 12.8 Å². The van der Waals surface area contributed by atoms with Crippen molar-refractivity contribution in [3.63, 3.8) is 0 Å². The van der Waals surface area contributed by atoms with Crippen LogP contribution in [0.3, 0.4) is 0 Å². The molecule has 2 rings (SSSR count). The molecule has 0 radical (unpaired) electrons. The summed E-state index contributed by atoms with van der Waals surface area (Å²) in [7, 11) is 3.25. The Labute approximate surface area is 147 Å². The van der Waals surface area contributed by atoms with Crippen LogP contribution in [0.25, 0.3) is 0 Å². The van der Waals surface area contributed by atoms with E-state index in [2.05, 4.69) is 15.8 Å². The van der Waals surface area contributed by atoms with Crippen LogP contribution in [0.2, 0.25) is 0 Å². The molecule has 6 heteroatoms. The van der Waals surface area contributed by atoms with E-state index in [4.69, 9.17) is 9.47 Å². The SMILES string of the molecule is COc1ccc(NCCCC(=O)NN=Cc2cccc(OC)c2)cc1. The molecule has 2 N–H and O–H groups in total. The Morgan fingerprint density at radius 3 is 2.56 bits per heavy atom. The second kappa shape index (κ2) is 9.97. The summed E-state index contributed by atoms with van der Waals surface area (Å²) in [5.41, 5.74) is 4.39. The van der Waals surface area contributed by atoms with Gasteiger partial charge in [-0.05, 0) is 48.4 Å².